The number of nitrogens with one attached hydrogen (secondary N) is 1. The first kappa shape index (κ1) is 13.7. The lowest BCUT2D eigenvalue weighted by molar-refractivity contribution is -0.387. The van der Waals surface area contributed by atoms with Gasteiger partial charge in [0, 0.05) is 17.7 Å². The van der Waals surface area contributed by atoms with Crippen LogP contribution < -0.4 is 5.32 Å². The van der Waals surface area contributed by atoms with E-state index >= 15 is 0 Å². The Morgan fingerprint density at radius 3 is 2.74 bits per heavy atom. The Bertz CT molecular complexity index is 607. The predicted octanol–water partition coefficient (Wildman–Crippen LogP) is 2.74. The van der Waals surface area contributed by atoms with Crippen LogP contribution in [0.5, 0.6) is 0 Å². The van der Waals surface area contributed by atoms with Gasteiger partial charge in [-0.2, -0.15) is 0 Å². The van der Waals surface area contributed by atoms with E-state index in [0.29, 0.717) is 5.03 Å². The zero-order valence-electron chi connectivity index (χ0n) is 9.70. The Morgan fingerprint density at radius 2 is 2.16 bits per heavy atom. The lowest BCUT2D eigenvalue weighted by atomic mass is 10.5. The molecule has 0 fully saturated rings. The summed E-state index contributed by atoms with van der Waals surface area (Å²) in [6.07, 6.45) is 2.90. The van der Waals surface area contributed by atoms with Gasteiger partial charge in [-0.05, 0) is 39.8 Å². The summed E-state index contributed by atoms with van der Waals surface area (Å²) < 4.78 is 0.838. The Morgan fingerprint density at radius 1 is 1.37 bits per heavy atom. The molecule has 9 heteroatoms. The number of pyridine rings is 1. The Balaban J connectivity index is 2.39. The molecule has 2 heterocycles. The zero-order chi connectivity index (χ0) is 13.8. The van der Waals surface area contributed by atoms with Crippen LogP contribution in [0.3, 0.4) is 0 Å². The lowest BCUT2D eigenvalue weighted by Gasteiger charge is -2.04. The van der Waals surface area contributed by atoms with Crippen LogP contribution in [0.25, 0.3) is 0 Å². The van der Waals surface area contributed by atoms with E-state index in [4.69, 9.17) is 0 Å². The van der Waals surface area contributed by atoms with E-state index in [9.17, 15) is 10.1 Å². The average Bonchev–Trinajstić information content (AvgIpc) is 2.40. The van der Waals surface area contributed by atoms with E-state index in [2.05, 4.69) is 36.2 Å². The molecule has 7 nitrogen and oxygen atoms in total. The molecule has 2 aromatic heterocycles. The molecule has 2 rings (SSSR count). The van der Waals surface area contributed by atoms with Crippen LogP contribution in [-0.2, 0) is 0 Å². The topological polar surface area (TPSA) is 93.8 Å². The molecule has 2 aromatic rings. The summed E-state index contributed by atoms with van der Waals surface area (Å²) >= 11 is 4.39. The largest absolute Gasteiger partial charge is 0.367 e. The fourth-order valence-corrected chi connectivity index (χ4v) is 2.35. The van der Waals surface area contributed by atoms with Crippen molar-refractivity contribution in [2.24, 2.45) is 0 Å². The Labute approximate surface area is 121 Å². The van der Waals surface area contributed by atoms with Gasteiger partial charge in [0.25, 0.3) is 0 Å². The summed E-state index contributed by atoms with van der Waals surface area (Å²) in [5.41, 5.74) is -0.153. The molecule has 0 unspecified atom stereocenters. The normalized spacial score (nSPS) is 10.2. The molecular weight excluding hydrogens is 334 g/mol. The van der Waals surface area contributed by atoms with Crippen molar-refractivity contribution >= 4 is 39.2 Å². The number of hydrogen-bond donors (Lipinski definition) is 1. The molecule has 0 bridgehead atoms. The third-order valence-electron chi connectivity index (χ3n) is 2.11. The number of aromatic nitrogens is 3. The monoisotopic (exact) mass is 341 g/mol. The quantitative estimate of drug-likeness (QED) is 0.519. The van der Waals surface area contributed by atoms with Gasteiger partial charge in [-0.25, -0.2) is 15.0 Å². The van der Waals surface area contributed by atoms with Crippen molar-refractivity contribution in [2.75, 3.05) is 12.4 Å². The minimum absolute atomic E-state index is 0.153. The van der Waals surface area contributed by atoms with Crippen LogP contribution in [0.2, 0.25) is 0 Å². The number of hydrogen-bond acceptors (Lipinski definition) is 7. The van der Waals surface area contributed by atoms with Gasteiger partial charge in [0.2, 0.25) is 5.82 Å². The highest BCUT2D eigenvalue weighted by Crippen LogP contribution is 2.35. The van der Waals surface area contributed by atoms with Gasteiger partial charge in [0.1, 0.15) is 11.4 Å². The van der Waals surface area contributed by atoms with Crippen LogP contribution >= 0.6 is 27.7 Å². The number of nitrogens with zero attached hydrogens (tertiary/aromatic N) is 4. The highest BCUT2D eigenvalue weighted by Gasteiger charge is 2.23. The second-order valence-electron chi connectivity index (χ2n) is 3.30. The summed E-state index contributed by atoms with van der Waals surface area (Å²) in [7, 11) is 1.57. The second-order valence-corrected chi connectivity index (χ2v) is 5.22. The maximum absolute atomic E-state index is 11.1. The first-order valence-electron chi connectivity index (χ1n) is 5.08. The zero-order valence-corrected chi connectivity index (χ0v) is 12.1. The van der Waals surface area contributed by atoms with Crippen molar-refractivity contribution in [2.45, 2.75) is 10.1 Å². The molecular formula is C10H8BrN5O2S. The minimum Gasteiger partial charge on any atom is -0.367 e. The van der Waals surface area contributed by atoms with Crippen LogP contribution in [0, 0.1) is 10.1 Å². The summed E-state index contributed by atoms with van der Waals surface area (Å²) in [6, 6.07) is 3.56. The van der Waals surface area contributed by atoms with Crippen LogP contribution in [0.1, 0.15) is 0 Å². The number of halogens is 1. The van der Waals surface area contributed by atoms with E-state index in [1.807, 2.05) is 0 Å². The van der Waals surface area contributed by atoms with Gasteiger partial charge >= 0.3 is 5.69 Å². The number of nitro groups is 1. The van der Waals surface area contributed by atoms with Crippen molar-refractivity contribution in [3.8, 4) is 0 Å². The Hall–Kier alpha value is -1.74. The third kappa shape index (κ3) is 3.18. The highest BCUT2D eigenvalue weighted by atomic mass is 79.9. The van der Waals surface area contributed by atoms with Crippen LogP contribution in [0.4, 0.5) is 11.5 Å². The molecule has 0 aliphatic heterocycles. The van der Waals surface area contributed by atoms with Gasteiger partial charge in [-0.1, -0.05) is 0 Å². The first-order valence-corrected chi connectivity index (χ1v) is 6.69. The van der Waals surface area contributed by atoms with Crippen molar-refractivity contribution in [1.29, 1.82) is 0 Å². The minimum atomic E-state index is -0.507. The van der Waals surface area contributed by atoms with E-state index in [0.717, 1.165) is 16.2 Å². The maximum Gasteiger partial charge on any atom is 0.343 e. The van der Waals surface area contributed by atoms with Crippen LogP contribution in [0.15, 0.2) is 39.2 Å². The maximum atomic E-state index is 11.1. The van der Waals surface area contributed by atoms with E-state index in [-0.39, 0.29) is 16.5 Å². The second kappa shape index (κ2) is 5.93. The summed E-state index contributed by atoms with van der Waals surface area (Å²) in [4.78, 5) is 22.5. The molecule has 0 radical (unpaired) electrons. The van der Waals surface area contributed by atoms with Crippen molar-refractivity contribution in [3.63, 3.8) is 0 Å². The standard InChI is InChI=1S/C10H8BrN5O2S/c1-12-9-8(16(17)18)10(15-5-14-9)19-7-3-2-6(11)4-13-7/h2-5H,1H3,(H,12,14,15). The number of anilines is 1. The Kier molecular flexibility index (Phi) is 4.27. The lowest BCUT2D eigenvalue weighted by Crippen LogP contribution is -2.02. The number of rotatable bonds is 4. The third-order valence-corrected chi connectivity index (χ3v) is 3.52. The predicted molar refractivity (Wildman–Crippen MR) is 74.3 cm³/mol. The first-order chi connectivity index (χ1) is 9.11. The van der Waals surface area contributed by atoms with Crippen LogP contribution in [-0.4, -0.2) is 26.9 Å². The average molecular weight is 342 g/mol. The summed E-state index contributed by atoms with van der Waals surface area (Å²) in [6.45, 7) is 0. The molecule has 0 saturated carbocycles. The molecule has 0 saturated heterocycles. The molecule has 19 heavy (non-hydrogen) atoms. The molecule has 0 aromatic carbocycles. The van der Waals surface area contributed by atoms with E-state index in [1.54, 1.807) is 25.4 Å². The fraction of sp³-hybridized carbons (Fsp3) is 0.100. The van der Waals surface area contributed by atoms with Crippen molar-refractivity contribution < 1.29 is 4.92 Å². The molecule has 0 atom stereocenters. The van der Waals surface area contributed by atoms with Gasteiger partial charge in [0.15, 0.2) is 5.03 Å². The molecule has 0 aliphatic carbocycles. The van der Waals surface area contributed by atoms with Gasteiger partial charge < -0.3 is 5.32 Å². The fourth-order valence-electron chi connectivity index (χ4n) is 1.31. The van der Waals surface area contributed by atoms with Gasteiger partial charge in [-0.15, -0.1) is 0 Å². The molecule has 0 aliphatic rings. The summed E-state index contributed by atoms with van der Waals surface area (Å²) in [5.74, 6) is 0.180. The van der Waals surface area contributed by atoms with Crippen molar-refractivity contribution in [1.82, 2.24) is 15.0 Å². The van der Waals surface area contributed by atoms with E-state index in [1.165, 1.54) is 6.33 Å². The molecule has 1 N–H and O–H groups in total. The van der Waals surface area contributed by atoms with E-state index < -0.39 is 4.92 Å². The SMILES string of the molecule is CNc1ncnc(Sc2ccc(Br)cn2)c1[N+](=O)[O-]. The molecule has 98 valence electrons. The highest BCUT2D eigenvalue weighted by molar-refractivity contribution is 9.10. The van der Waals surface area contributed by atoms with Crippen molar-refractivity contribution in [3.05, 3.63) is 39.2 Å². The molecule has 0 spiro atoms. The summed E-state index contributed by atoms with van der Waals surface area (Å²) in [5, 5.41) is 14.6. The van der Waals surface area contributed by atoms with Gasteiger partial charge in [0.05, 0.1) is 4.92 Å². The van der Waals surface area contributed by atoms with Gasteiger partial charge in [-0.3, -0.25) is 10.1 Å². The smallest absolute Gasteiger partial charge is 0.343 e. The molecule has 0 amide bonds.